The Bertz CT molecular complexity index is 1160. The van der Waals surface area contributed by atoms with E-state index in [2.05, 4.69) is 63.7 Å². The molecule has 5 heterocycles. The van der Waals surface area contributed by atoms with Gasteiger partial charge in [-0.05, 0) is 55.8 Å². The minimum atomic E-state index is 0.0342. The van der Waals surface area contributed by atoms with E-state index in [0.717, 1.165) is 35.5 Å². The first kappa shape index (κ1) is 19.4. The third-order valence-electron chi connectivity index (χ3n) is 7.30. The van der Waals surface area contributed by atoms with Crippen molar-refractivity contribution in [3.8, 4) is 5.69 Å². The fourth-order valence-corrected chi connectivity index (χ4v) is 5.54. The fourth-order valence-electron chi connectivity index (χ4n) is 5.54. The molecule has 6 nitrogen and oxygen atoms in total. The molecule has 1 aromatic heterocycles. The molecule has 1 N–H and O–H groups in total. The van der Waals surface area contributed by atoms with Crippen LogP contribution in [0, 0.1) is 5.92 Å². The van der Waals surface area contributed by atoms with Gasteiger partial charge >= 0.3 is 6.03 Å². The third-order valence-corrected chi connectivity index (χ3v) is 7.30. The SMILES string of the molecule is O=C(N[C@@H]1CN2CCC1CC2)[N+]1=C(c2ccc(-n3ccnc3)cc2)c2ccccc2CC1. The number of hydrogen-bond acceptors (Lipinski definition) is 3. The topological polar surface area (TPSA) is 53.2 Å². The quantitative estimate of drug-likeness (QED) is 0.655. The molecule has 2 amide bonds. The van der Waals surface area contributed by atoms with Gasteiger partial charge in [0.05, 0.1) is 12.9 Å². The first-order valence-electron chi connectivity index (χ1n) is 11.6. The molecule has 2 bridgehead atoms. The number of amides is 2. The predicted octanol–water partition coefficient (Wildman–Crippen LogP) is 3.08. The Kier molecular flexibility index (Phi) is 4.87. The van der Waals surface area contributed by atoms with Crippen molar-refractivity contribution in [1.29, 1.82) is 0 Å². The van der Waals surface area contributed by atoms with Gasteiger partial charge in [0, 0.05) is 48.1 Å². The van der Waals surface area contributed by atoms with E-state index in [-0.39, 0.29) is 12.1 Å². The molecule has 4 aliphatic rings. The second kappa shape index (κ2) is 8.02. The number of carbonyl (C=O) groups excluding carboxylic acids is 1. The summed E-state index contributed by atoms with van der Waals surface area (Å²) in [4.78, 5) is 20.2. The average molecular weight is 427 g/mol. The zero-order valence-electron chi connectivity index (χ0n) is 18.2. The van der Waals surface area contributed by atoms with E-state index in [1.165, 1.54) is 31.5 Å². The second-order valence-electron chi connectivity index (χ2n) is 9.12. The monoisotopic (exact) mass is 426 g/mol. The molecule has 2 aromatic carbocycles. The second-order valence-corrected chi connectivity index (χ2v) is 9.12. The van der Waals surface area contributed by atoms with Crippen LogP contribution in [0.5, 0.6) is 0 Å². The fraction of sp³-hybridized carbons (Fsp3) is 0.346. The maximum absolute atomic E-state index is 13.6. The molecule has 4 aliphatic heterocycles. The standard InChI is InChI=1S/C26H27N5O/c32-26(28-24-17-29-13-9-20(24)10-14-29)31-15-11-19-3-1-2-4-23(19)25(31)21-5-7-22(8-6-21)30-16-12-27-18-30/h1-8,12,16,18,20,24H,9-11,13-15,17H2/p+1/t24-/m1/s1. The molecule has 3 saturated heterocycles. The minimum Gasteiger partial charge on any atom is -0.306 e. The summed E-state index contributed by atoms with van der Waals surface area (Å²) in [6.07, 6.45) is 8.78. The first-order chi connectivity index (χ1) is 15.8. The lowest BCUT2D eigenvalue weighted by Gasteiger charge is -2.42. The van der Waals surface area contributed by atoms with E-state index < -0.39 is 0 Å². The van der Waals surface area contributed by atoms with Gasteiger partial charge < -0.3 is 4.57 Å². The van der Waals surface area contributed by atoms with Crippen molar-refractivity contribution in [3.63, 3.8) is 0 Å². The smallest absolute Gasteiger partial charge is 0.306 e. The van der Waals surface area contributed by atoms with Crippen molar-refractivity contribution in [1.82, 2.24) is 19.8 Å². The number of aromatic nitrogens is 2. The Balaban J connectivity index is 1.37. The normalized spacial score (nSPS) is 24.3. The molecule has 0 radical (unpaired) electrons. The van der Waals surface area contributed by atoms with E-state index in [1.807, 2.05) is 15.3 Å². The maximum atomic E-state index is 13.6. The number of hydrogen-bond donors (Lipinski definition) is 1. The summed E-state index contributed by atoms with van der Waals surface area (Å²) in [7, 11) is 0. The van der Waals surface area contributed by atoms with Gasteiger partial charge in [-0.25, -0.2) is 10.3 Å². The van der Waals surface area contributed by atoms with Crippen LogP contribution in [-0.2, 0) is 6.42 Å². The highest BCUT2D eigenvalue weighted by molar-refractivity contribution is 6.12. The highest BCUT2D eigenvalue weighted by Gasteiger charge is 2.39. The summed E-state index contributed by atoms with van der Waals surface area (Å²) >= 11 is 0. The van der Waals surface area contributed by atoms with Crippen LogP contribution in [0.1, 0.15) is 29.5 Å². The summed E-state index contributed by atoms with van der Waals surface area (Å²) in [5.41, 5.74) is 5.57. The summed E-state index contributed by atoms with van der Waals surface area (Å²) < 4.78 is 3.95. The van der Waals surface area contributed by atoms with Gasteiger partial charge in [0.2, 0.25) is 0 Å². The number of urea groups is 1. The molecule has 1 atom stereocenters. The van der Waals surface area contributed by atoms with Crippen LogP contribution in [0.2, 0.25) is 0 Å². The van der Waals surface area contributed by atoms with Gasteiger partial charge in [-0.1, -0.05) is 24.3 Å². The lowest BCUT2D eigenvalue weighted by atomic mass is 9.84. The molecule has 162 valence electrons. The van der Waals surface area contributed by atoms with Crippen molar-refractivity contribution >= 4 is 11.7 Å². The average Bonchev–Trinajstić information content (AvgIpc) is 3.39. The van der Waals surface area contributed by atoms with E-state index in [1.54, 1.807) is 12.5 Å². The number of rotatable bonds is 3. The minimum absolute atomic E-state index is 0.0342. The van der Waals surface area contributed by atoms with Crippen molar-refractivity contribution in [2.24, 2.45) is 5.92 Å². The molecule has 3 fully saturated rings. The summed E-state index contributed by atoms with van der Waals surface area (Å²) in [6.45, 7) is 4.03. The van der Waals surface area contributed by atoms with Crippen molar-refractivity contribution in [2.45, 2.75) is 25.3 Å². The van der Waals surface area contributed by atoms with E-state index in [9.17, 15) is 4.79 Å². The molecule has 7 rings (SSSR count). The van der Waals surface area contributed by atoms with Crippen LogP contribution in [0.4, 0.5) is 4.79 Å². The van der Waals surface area contributed by atoms with E-state index >= 15 is 0 Å². The van der Waals surface area contributed by atoms with E-state index in [0.29, 0.717) is 12.5 Å². The van der Waals surface area contributed by atoms with Gasteiger partial charge in [0.15, 0.2) is 0 Å². The molecule has 0 aliphatic carbocycles. The third kappa shape index (κ3) is 3.45. The summed E-state index contributed by atoms with van der Waals surface area (Å²) in [5.74, 6) is 0.610. The first-order valence-corrected chi connectivity index (χ1v) is 11.6. The summed E-state index contributed by atoms with van der Waals surface area (Å²) in [5, 5.41) is 3.40. The zero-order chi connectivity index (χ0) is 21.5. The lowest BCUT2D eigenvalue weighted by molar-refractivity contribution is -0.430. The molecule has 3 aromatic rings. The van der Waals surface area contributed by atoms with Gasteiger partial charge in [0.25, 0.3) is 0 Å². The maximum Gasteiger partial charge on any atom is 0.491 e. The van der Waals surface area contributed by atoms with Gasteiger partial charge in [-0.3, -0.25) is 4.90 Å². The Morgan fingerprint density at radius 3 is 2.59 bits per heavy atom. The lowest BCUT2D eigenvalue weighted by Crippen LogP contribution is -2.58. The Labute approximate surface area is 188 Å². The van der Waals surface area contributed by atoms with Crippen LogP contribution in [0.3, 0.4) is 0 Å². The van der Waals surface area contributed by atoms with Gasteiger partial charge in [-0.2, -0.15) is 9.37 Å². The number of carbonyl (C=O) groups is 1. The highest BCUT2D eigenvalue weighted by Crippen LogP contribution is 2.28. The van der Waals surface area contributed by atoms with Crippen LogP contribution < -0.4 is 5.32 Å². The number of fused-ring (bicyclic) bond motifs is 4. The molecular formula is C26H28N5O+. The van der Waals surface area contributed by atoms with Gasteiger partial charge in [0.1, 0.15) is 11.8 Å². The van der Waals surface area contributed by atoms with Gasteiger partial charge in [-0.15, -0.1) is 0 Å². The molecule has 0 saturated carbocycles. The number of nitrogens with one attached hydrogen (secondary N) is 1. The Hall–Kier alpha value is -3.25. The molecular weight excluding hydrogens is 398 g/mol. The van der Waals surface area contributed by atoms with E-state index in [4.69, 9.17) is 0 Å². The molecule has 6 heteroatoms. The van der Waals surface area contributed by atoms with Crippen molar-refractivity contribution in [2.75, 3.05) is 26.2 Å². The van der Waals surface area contributed by atoms with Crippen LogP contribution in [0.25, 0.3) is 5.69 Å². The molecule has 32 heavy (non-hydrogen) atoms. The largest absolute Gasteiger partial charge is 0.491 e. The number of benzene rings is 2. The molecule has 0 spiro atoms. The highest BCUT2D eigenvalue weighted by atomic mass is 16.2. The Morgan fingerprint density at radius 2 is 1.88 bits per heavy atom. The summed E-state index contributed by atoms with van der Waals surface area (Å²) in [6, 6.07) is 17.2. The van der Waals surface area contributed by atoms with Crippen LogP contribution >= 0.6 is 0 Å². The van der Waals surface area contributed by atoms with Crippen molar-refractivity contribution < 1.29 is 9.37 Å². The zero-order valence-corrected chi connectivity index (χ0v) is 18.2. The predicted molar refractivity (Wildman–Crippen MR) is 124 cm³/mol. The number of imidazole rings is 1. The van der Waals surface area contributed by atoms with Crippen LogP contribution in [0.15, 0.2) is 67.3 Å². The van der Waals surface area contributed by atoms with Crippen LogP contribution in [-0.4, -0.2) is 63.0 Å². The van der Waals surface area contributed by atoms with Crippen molar-refractivity contribution in [3.05, 3.63) is 83.9 Å². The number of piperidine rings is 3. The molecule has 0 unspecified atom stereocenters. The number of nitrogens with zero attached hydrogens (tertiary/aromatic N) is 4. The Morgan fingerprint density at radius 1 is 1.06 bits per heavy atom.